The molecule has 0 bridgehead atoms. The van der Waals surface area contributed by atoms with Crippen LogP contribution in [0.5, 0.6) is 0 Å². The number of carboxylic acid groups (broad SMARTS) is 1. The van der Waals surface area contributed by atoms with Crippen molar-refractivity contribution < 1.29 is 14.7 Å². The molecule has 0 aliphatic carbocycles. The minimum atomic E-state index is -1.18. The lowest BCUT2D eigenvalue weighted by Crippen LogP contribution is -2.12. The number of amides is 1. The van der Waals surface area contributed by atoms with Crippen LogP contribution in [0.15, 0.2) is 12.3 Å². The highest BCUT2D eigenvalue weighted by molar-refractivity contribution is 5.69. The molecule has 0 saturated heterocycles. The Morgan fingerprint density at radius 1 is 1.62 bits per heavy atom. The summed E-state index contributed by atoms with van der Waals surface area (Å²) < 4.78 is 0. The number of hydrogen-bond donors (Lipinski definition) is 2. The first kappa shape index (κ1) is 6.68. The Labute approximate surface area is 45.8 Å². The zero-order valence-electron chi connectivity index (χ0n) is 4.00. The number of aldehydes is 1. The van der Waals surface area contributed by atoms with Gasteiger partial charge in [0.25, 0.3) is 0 Å². The topological polar surface area (TPSA) is 66.4 Å². The quantitative estimate of drug-likeness (QED) is 0.392. The molecule has 0 aliphatic heterocycles. The molecule has 0 aromatic heterocycles. The van der Waals surface area contributed by atoms with Gasteiger partial charge in [0.2, 0.25) is 0 Å². The molecule has 1 amide bonds. The Hall–Kier alpha value is -1.32. The van der Waals surface area contributed by atoms with E-state index < -0.39 is 6.09 Å². The monoisotopic (exact) mass is 115 g/mol. The fraction of sp³-hybridized carbons (Fsp3) is 0. The summed E-state index contributed by atoms with van der Waals surface area (Å²) in [6.45, 7) is 0. The van der Waals surface area contributed by atoms with Crippen LogP contribution in [-0.4, -0.2) is 17.5 Å². The Kier molecular flexibility index (Phi) is 3.22. The first-order valence-corrected chi connectivity index (χ1v) is 1.87. The molecule has 0 spiro atoms. The van der Waals surface area contributed by atoms with E-state index in [0.29, 0.717) is 6.29 Å². The van der Waals surface area contributed by atoms with Gasteiger partial charge in [0, 0.05) is 6.20 Å². The molecule has 0 aliphatic rings. The standard InChI is InChI=1S/C4H5NO3/c6-3-1-2-5-4(7)8/h1-3,5H,(H,7,8). The van der Waals surface area contributed by atoms with E-state index in [4.69, 9.17) is 5.11 Å². The maximum Gasteiger partial charge on any atom is 0.408 e. The third-order valence-corrected chi connectivity index (χ3v) is 0.382. The van der Waals surface area contributed by atoms with E-state index in [-0.39, 0.29) is 0 Å². The molecule has 0 heterocycles. The van der Waals surface area contributed by atoms with Gasteiger partial charge < -0.3 is 5.11 Å². The fourth-order valence-electron chi connectivity index (χ4n) is 0.159. The van der Waals surface area contributed by atoms with Gasteiger partial charge in [-0.3, -0.25) is 10.1 Å². The zero-order valence-corrected chi connectivity index (χ0v) is 4.00. The van der Waals surface area contributed by atoms with Crippen molar-refractivity contribution in [1.82, 2.24) is 5.32 Å². The Bertz CT molecular complexity index is 118. The van der Waals surface area contributed by atoms with Gasteiger partial charge in [-0.25, -0.2) is 4.79 Å². The molecular weight excluding hydrogens is 110 g/mol. The largest absolute Gasteiger partial charge is 0.465 e. The smallest absolute Gasteiger partial charge is 0.408 e. The molecule has 8 heavy (non-hydrogen) atoms. The summed E-state index contributed by atoms with van der Waals surface area (Å²) >= 11 is 0. The molecule has 0 rings (SSSR count). The predicted octanol–water partition coefficient (Wildman–Crippen LogP) is -0.0334. The van der Waals surface area contributed by atoms with Crippen LogP contribution in [0.2, 0.25) is 0 Å². The molecule has 44 valence electrons. The van der Waals surface area contributed by atoms with Gasteiger partial charge in [-0.2, -0.15) is 0 Å². The second-order valence-corrected chi connectivity index (χ2v) is 0.945. The average Bonchev–Trinajstić information content (AvgIpc) is 1.66. The van der Waals surface area contributed by atoms with Gasteiger partial charge in [-0.15, -0.1) is 0 Å². The Morgan fingerprint density at radius 2 is 2.25 bits per heavy atom. The van der Waals surface area contributed by atoms with Crippen molar-refractivity contribution >= 4 is 12.4 Å². The summed E-state index contributed by atoms with van der Waals surface area (Å²) in [6.07, 6.45) is 1.39. The molecule has 0 aromatic carbocycles. The lowest BCUT2D eigenvalue weighted by atomic mass is 10.7. The van der Waals surface area contributed by atoms with Crippen LogP contribution < -0.4 is 5.32 Å². The number of allylic oxidation sites excluding steroid dienone is 1. The van der Waals surface area contributed by atoms with Crippen LogP contribution in [0.25, 0.3) is 0 Å². The van der Waals surface area contributed by atoms with Crippen LogP contribution in [0.3, 0.4) is 0 Å². The second kappa shape index (κ2) is 3.86. The summed E-state index contributed by atoms with van der Waals surface area (Å²) in [7, 11) is 0. The van der Waals surface area contributed by atoms with E-state index in [1.165, 1.54) is 0 Å². The Balaban J connectivity index is 3.29. The van der Waals surface area contributed by atoms with E-state index in [0.717, 1.165) is 12.3 Å². The maximum atomic E-state index is 9.60. The van der Waals surface area contributed by atoms with Crippen molar-refractivity contribution in [2.75, 3.05) is 0 Å². The molecule has 0 radical (unpaired) electrons. The van der Waals surface area contributed by atoms with E-state index in [1.54, 1.807) is 0 Å². The lowest BCUT2D eigenvalue weighted by molar-refractivity contribution is -0.104. The predicted molar refractivity (Wildman–Crippen MR) is 26.4 cm³/mol. The number of hydrogen-bond acceptors (Lipinski definition) is 2. The summed E-state index contributed by atoms with van der Waals surface area (Å²) in [6, 6.07) is 0. The summed E-state index contributed by atoms with van der Waals surface area (Å²) in [4.78, 5) is 19.1. The third-order valence-electron chi connectivity index (χ3n) is 0.382. The molecule has 2 N–H and O–H groups in total. The fourth-order valence-corrected chi connectivity index (χ4v) is 0.159. The minimum absolute atomic E-state index is 0.482. The van der Waals surface area contributed by atoms with Crippen molar-refractivity contribution in [1.29, 1.82) is 0 Å². The maximum absolute atomic E-state index is 9.60. The number of nitrogens with one attached hydrogen (secondary N) is 1. The van der Waals surface area contributed by atoms with Crippen LogP contribution in [0, 0.1) is 0 Å². The molecule has 0 atom stereocenters. The molecule has 0 unspecified atom stereocenters. The third kappa shape index (κ3) is 4.68. The lowest BCUT2D eigenvalue weighted by Gasteiger charge is -1.83. The van der Waals surface area contributed by atoms with Crippen LogP contribution in [0.4, 0.5) is 4.79 Å². The van der Waals surface area contributed by atoms with Gasteiger partial charge in [-0.05, 0) is 6.08 Å². The van der Waals surface area contributed by atoms with Gasteiger partial charge in [0.1, 0.15) is 6.29 Å². The van der Waals surface area contributed by atoms with Crippen molar-refractivity contribution in [3.63, 3.8) is 0 Å². The number of carbonyl (C=O) groups excluding carboxylic acids is 1. The van der Waals surface area contributed by atoms with Crippen molar-refractivity contribution in [3.05, 3.63) is 12.3 Å². The first-order chi connectivity index (χ1) is 3.77. The molecule has 4 nitrogen and oxygen atoms in total. The molecule has 0 fully saturated rings. The highest BCUT2D eigenvalue weighted by atomic mass is 16.4. The normalized spacial score (nSPS) is 9.00. The minimum Gasteiger partial charge on any atom is -0.465 e. The van der Waals surface area contributed by atoms with E-state index in [1.807, 2.05) is 5.32 Å². The van der Waals surface area contributed by atoms with Crippen molar-refractivity contribution in [2.24, 2.45) is 0 Å². The summed E-state index contributed by atoms with van der Waals surface area (Å²) in [5, 5.41) is 9.71. The van der Waals surface area contributed by atoms with E-state index in [9.17, 15) is 9.59 Å². The number of carbonyl (C=O) groups is 2. The van der Waals surface area contributed by atoms with Gasteiger partial charge in [0.05, 0.1) is 0 Å². The first-order valence-electron chi connectivity index (χ1n) is 1.87. The highest BCUT2D eigenvalue weighted by Crippen LogP contribution is 1.60. The zero-order chi connectivity index (χ0) is 6.41. The van der Waals surface area contributed by atoms with E-state index in [2.05, 4.69) is 0 Å². The molecule has 4 heteroatoms. The second-order valence-electron chi connectivity index (χ2n) is 0.945. The van der Waals surface area contributed by atoms with Crippen LogP contribution in [-0.2, 0) is 4.79 Å². The Morgan fingerprint density at radius 3 is 2.62 bits per heavy atom. The highest BCUT2D eigenvalue weighted by Gasteiger charge is 1.82. The van der Waals surface area contributed by atoms with Crippen molar-refractivity contribution in [2.45, 2.75) is 0 Å². The summed E-state index contributed by atoms with van der Waals surface area (Å²) in [5.74, 6) is 0. The van der Waals surface area contributed by atoms with Gasteiger partial charge >= 0.3 is 6.09 Å². The molecule has 0 saturated carbocycles. The average molecular weight is 115 g/mol. The van der Waals surface area contributed by atoms with Crippen molar-refractivity contribution in [3.8, 4) is 0 Å². The number of rotatable bonds is 2. The molecule has 0 aromatic rings. The SMILES string of the molecule is O=CC=CNC(=O)O. The molecular formula is C4H5NO3. The van der Waals surface area contributed by atoms with Gasteiger partial charge in [-0.1, -0.05) is 0 Å². The van der Waals surface area contributed by atoms with Crippen LogP contribution in [0.1, 0.15) is 0 Å². The van der Waals surface area contributed by atoms with E-state index >= 15 is 0 Å². The van der Waals surface area contributed by atoms with Crippen LogP contribution >= 0.6 is 0 Å². The van der Waals surface area contributed by atoms with Gasteiger partial charge in [0.15, 0.2) is 0 Å². The summed E-state index contributed by atoms with van der Waals surface area (Å²) in [5.41, 5.74) is 0.